The van der Waals surface area contributed by atoms with Gasteiger partial charge in [0.15, 0.2) is 0 Å². The molecule has 1 heterocycles. The molecule has 0 unspecified atom stereocenters. The molecule has 0 radical (unpaired) electrons. The van der Waals surface area contributed by atoms with Gasteiger partial charge >= 0.3 is 0 Å². The highest BCUT2D eigenvalue weighted by molar-refractivity contribution is 7.89. The van der Waals surface area contributed by atoms with E-state index in [1.54, 1.807) is 12.1 Å². The fraction of sp³-hybridized carbons (Fsp3) is 0.250. The summed E-state index contributed by atoms with van der Waals surface area (Å²) in [5.74, 6) is 0. The Bertz CT molecular complexity index is 732. The molecule has 0 amide bonds. The first-order valence-electron chi connectivity index (χ1n) is 6.99. The molecular weight excluding hydrogens is 322 g/mol. The number of ether oxygens (including phenoxy) is 1. The third-order valence-corrected chi connectivity index (χ3v) is 5.78. The first kappa shape index (κ1) is 15.5. The lowest BCUT2D eigenvalue weighted by Gasteiger charge is -2.32. The van der Waals surface area contributed by atoms with E-state index >= 15 is 0 Å². The lowest BCUT2D eigenvalue weighted by atomic mass is 10.1. The van der Waals surface area contributed by atoms with E-state index in [2.05, 4.69) is 0 Å². The summed E-state index contributed by atoms with van der Waals surface area (Å²) >= 11 is 5.82. The quantitative estimate of drug-likeness (QED) is 0.864. The first-order valence-corrected chi connectivity index (χ1v) is 8.81. The number of morpholine rings is 1. The molecule has 1 saturated heterocycles. The van der Waals surface area contributed by atoms with Crippen LogP contribution in [0.3, 0.4) is 0 Å². The van der Waals surface area contributed by atoms with Crippen molar-refractivity contribution in [2.75, 3.05) is 19.7 Å². The number of nitrogens with zero attached hydrogens (tertiary/aromatic N) is 1. The van der Waals surface area contributed by atoms with Gasteiger partial charge in [-0.15, -0.1) is 0 Å². The van der Waals surface area contributed by atoms with Crippen LogP contribution in [0, 0.1) is 0 Å². The minimum absolute atomic E-state index is 0.239. The summed E-state index contributed by atoms with van der Waals surface area (Å²) in [6.07, 6.45) is -0.239. The molecule has 0 N–H and O–H groups in total. The zero-order chi connectivity index (χ0) is 15.6. The smallest absolute Gasteiger partial charge is 0.243 e. The van der Waals surface area contributed by atoms with Crippen LogP contribution in [0.25, 0.3) is 0 Å². The van der Waals surface area contributed by atoms with Crippen LogP contribution in [-0.2, 0) is 14.8 Å². The molecule has 1 atom stereocenters. The van der Waals surface area contributed by atoms with Crippen LogP contribution in [0.15, 0.2) is 59.5 Å². The third kappa shape index (κ3) is 3.17. The maximum atomic E-state index is 12.7. The van der Waals surface area contributed by atoms with E-state index in [0.29, 0.717) is 24.7 Å². The van der Waals surface area contributed by atoms with E-state index in [9.17, 15) is 8.42 Å². The number of hydrogen-bond acceptors (Lipinski definition) is 3. The molecule has 2 aromatic carbocycles. The van der Waals surface area contributed by atoms with Crippen molar-refractivity contribution in [3.8, 4) is 0 Å². The summed E-state index contributed by atoms with van der Waals surface area (Å²) in [5, 5.41) is 0.517. The van der Waals surface area contributed by atoms with Gasteiger partial charge in [0.2, 0.25) is 10.0 Å². The Balaban J connectivity index is 1.83. The highest BCUT2D eigenvalue weighted by atomic mass is 35.5. The summed E-state index contributed by atoms with van der Waals surface area (Å²) in [4.78, 5) is 0.255. The molecule has 0 bridgehead atoms. The predicted molar refractivity (Wildman–Crippen MR) is 85.3 cm³/mol. The second-order valence-corrected chi connectivity index (χ2v) is 7.46. The molecular formula is C16H16ClNO3S. The number of halogens is 1. The summed E-state index contributed by atoms with van der Waals surface area (Å²) in [6, 6.07) is 15.9. The van der Waals surface area contributed by atoms with Crippen molar-refractivity contribution in [1.82, 2.24) is 4.31 Å². The van der Waals surface area contributed by atoms with Gasteiger partial charge in [-0.2, -0.15) is 4.31 Å². The van der Waals surface area contributed by atoms with E-state index in [1.165, 1.54) is 16.4 Å². The minimum atomic E-state index is -3.53. The molecule has 4 nitrogen and oxygen atoms in total. The molecule has 0 spiro atoms. The van der Waals surface area contributed by atoms with Crippen molar-refractivity contribution in [2.24, 2.45) is 0 Å². The second-order valence-electron chi connectivity index (χ2n) is 5.09. The van der Waals surface area contributed by atoms with Crippen LogP contribution in [-0.4, -0.2) is 32.4 Å². The van der Waals surface area contributed by atoms with Crippen LogP contribution in [0.2, 0.25) is 5.02 Å². The molecule has 116 valence electrons. The minimum Gasteiger partial charge on any atom is -0.371 e. The molecule has 3 rings (SSSR count). The highest BCUT2D eigenvalue weighted by Crippen LogP contribution is 2.26. The van der Waals surface area contributed by atoms with E-state index in [4.69, 9.17) is 16.3 Å². The number of hydrogen-bond donors (Lipinski definition) is 0. The normalized spacial score (nSPS) is 20.0. The summed E-state index contributed by atoms with van der Waals surface area (Å²) in [6.45, 7) is 1.05. The summed E-state index contributed by atoms with van der Waals surface area (Å²) in [7, 11) is -3.53. The number of benzene rings is 2. The zero-order valence-corrected chi connectivity index (χ0v) is 13.4. The average molecular weight is 338 g/mol. The van der Waals surface area contributed by atoms with Crippen molar-refractivity contribution in [1.29, 1.82) is 0 Å². The monoisotopic (exact) mass is 337 g/mol. The van der Waals surface area contributed by atoms with Crippen LogP contribution >= 0.6 is 11.6 Å². The summed E-state index contributed by atoms with van der Waals surface area (Å²) in [5.41, 5.74) is 0.985. The molecule has 0 aromatic heterocycles. The molecule has 6 heteroatoms. The van der Waals surface area contributed by atoms with Crippen LogP contribution in [0.4, 0.5) is 0 Å². The van der Waals surface area contributed by atoms with Crippen molar-refractivity contribution in [2.45, 2.75) is 11.0 Å². The molecule has 0 aliphatic carbocycles. The Morgan fingerprint density at radius 3 is 2.41 bits per heavy atom. The van der Waals surface area contributed by atoms with Gasteiger partial charge in [-0.05, 0) is 29.8 Å². The van der Waals surface area contributed by atoms with E-state index < -0.39 is 10.0 Å². The van der Waals surface area contributed by atoms with Gasteiger partial charge in [0.05, 0.1) is 17.6 Å². The Kier molecular flexibility index (Phi) is 4.49. The van der Waals surface area contributed by atoms with Crippen LogP contribution in [0.5, 0.6) is 0 Å². The van der Waals surface area contributed by atoms with Gasteiger partial charge in [0, 0.05) is 18.1 Å². The Hall–Kier alpha value is -1.40. The van der Waals surface area contributed by atoms with Crippen molar-refractivity contribution in [3.63, 3.8) is 0 Å². The third-order valence-electron chi connectivity index (χ3n) is 3.65. The first-order chi connectivity index (χ1) is 10.6. The van der Waals surface area contributed by atoms with Gasteiger partial charge in [-0.3, -0.25) is 0 Å². The Morgan fingerprint density at radius 1 is 1.05 bits per heavy atom. The van der Waals surface area contributed by atoms with Crippen molar-refractivity contribution >= 4 is 21.6 Å². The average Bonchev–Trinajstić information content (AvgIpc) is 2.56. The van der Waals surface area contributed by atoms with Crippen molar-refractivity contribution < 1.29 is 13.2 Å². The Morgan fingerprint density at radius 2 is 1.73 bits per heavy atom. The summed E-state index contributed by atoms with van der Waals surface area (Å²) < 4.78 is 32.6. The lowest BCUT2D eigenvalue weighted by Crippen LogP contribution is -2.42. The van der Waals surface area contributed by atoms with E-state index in [-0.39, 0.29) is 11.0 Å². The molecule has 1 aliphatic rings. The largest absolute Gasteiger partial charge is 0.371 e. The molecule has 0 saturated carbocycles. The zero-order valence-electron chi connectivity index (χ0n) is 11.9. The molecule has 2 aromatic rings. The Labute approximate surface area is 135 Å². The molecule has 22 heavy (non-hydrogen) atoms. The van der Waals surface area contributed by atoms with Crippen LogP contribution < -0.4 is 0 Å². The predicted octanol–water partition coefficient (Wildman–Crippen LogP) is 3.10. The lowest BCUT2D eigenvalue weighted by molar-refractivity contribution is -0.00255. The topological polar surface area (TPSA) is 46.6 Å². The fourth-order valence-corrected chi connectivity index (χ4v) is 4.02. The maximum Gasteiger partial charge on any atom is 0.243 e. The molecule has 1 fully saturated rings. The SMILES string of the molecule is O=S(=O)(c1ccc(Cl)cc1)N1CCO[C@H](c2ccccc2)C1. The van der Waals surface area contributed by atoms with Gasteiger partial charge in [0.1, 0.15) is 0 Å². The van der Waals surface area contributed by atoms with E-state index in [1.807, 2.05) is 30.3 Å². The fourth-order valence-electron chi connectivity index (χ4n) is 2.47. The highest BCUT2D eigenvalue weighted by Gasteiger charge is 2.31. The van der Waals surface area contributed by atoms with Crippen molar-refractivity contribution in [3.05, 3.63) is 65.2 Å². The van der Waals surface area contributed by atoms with Gasteiger partial charge in [-0.1, -0.05) is 41.9 Å². The van der Waals surface area contributed by atoms with Gasteiger partial charge < -0.3 is 4.74 Å². The maximum absolute atomic E-state index is 12.7. The molecule has 1 aliphatic heterocycles. The second kappa shape index (κ2) is 6.38. The number of rotatable bonds is 3. The van der Waals surface area contributed by atoms with Gasteiger partial charge in [0.25, 0.3) is 0 Å². The van der Waals surface area contributed by atoms with Crippen LogP contribution in [0.1, 0.15) is 11.7 Å². The number of sulfonamides is 1. The standard InChI is InChI=1S/C16H16ClNO3S/c17-14-6-8-15(9-7-14)22(19,20)18-10-11-21-16(12-18)13-4-2-1-3-5-13/h1-9,16H,10-12H2/t16-/m0/s1. The van der Waals surface area contributed by atoms with Gasteiger partial charge in [-0.25, -0.2) is 8.42 Å². The van der Waals surface area contributed by atoms with E-state index in [0.717, 1.165) is 5.56 Å².